The summed E-state index contributed by atoms with van der Waals surface area (Å²) in [4.78, 5) is 9.73. The van der Waals surface area contributed by atoms with Crippen LogP contribution in [-0.4, -0.2) is 9.97 Å². The molecule has 0 saturated carbocycles. The molecule has 0 unspecified atom stereocenters. The van der Waals surface area contributed by atoms with Crippen LogP contribution >= 0.6 is 11.8 Å². The Labute approximate surface area is 110 Å². The summed E-state index contributed by atoms with van der Waals surface area (Å²) in [5.41, 5.74) is 2.37. The van der Waals surface area contributed by atoms with E-state index in [1.807, 2.05) is 48.6 Å². The van der Waals surface area contributed by atoms with Crippen LogP contribution in [0.4, 0.5) is 0 Å². The smallest absolute Gasteiger partial charge is 0.0742 e. The zero-order valence-corrected chi connectivity index (χ0v) is 10.6. The van der Waals surface area contributed by atoms with Crippen molar-refractivity contribution in [3.8, 4) is 0 Å². The predicted molar refractivity (Wildman–Crippen MR) is 75.5 cm³/mol. The fourth-order valence-corrected chi connectivity index (χ4v) is 2.75. The lowest BCUT2D eigenvalue weighted by molar-refractivity contribution is 1.26. The van der Waals surface area contributed by atoms with E-state index in [0.717, 1.165) is 11.3 Å². The highest BCUT2D eigenvalue weighted by molar-refractivity contribution is 7.98. The van der Waals surface area contributed by atoms with Gasteiger partial charge in [0.05, 0.1) is 5.52 Å². The molecule has 3 rings (SSSR count). The second kappa shape index (κ2) is 5.19. The number of pyridine rings is 2. The molecule has 0 aliphatic rings. The monoisotopic (exact) mass is 252 g/mol. The normalized spacial score (nSPS) is 10.7. The Kier molecular flexibility index (Phi) is 3.24. The minimum Gasteiger partial charge on any atom is -0.265 e. The molecule has 0 atom stereocenters. The number of aromatic nitrogens is 2. The van der Waals surface area contributed by atoms with Gasteiger partial charge in [-0.15, -0.1) is 11.8 Å². The molecule has 3 aromatic rings. The molecule has 0 aliphatic carbocycles. The van der Waals surface area contributed by atoms with Gasteiger partial charge in [-0.1, -0.05) is 24.3 Å². The van der Waals surface area contributed by atoms with Crippen LogP contribution in [0.15, 0.2) is 66.0 Å². The van der Waals surface area contributed by atoms with Crippen LogP contribution in [-0.2, 0) is 5.75 Å². The number of para-hydroxylation sites is 1. The van der Waals surface area contributed by atoms with Crippen molar-refractivity contribution in [2.45, 2.75) is 10.6 Å². The lowest BCUT2D eigenvalue weighted by Crippen LogP contribution is -1.86. The summed E-state index contributed by atoms with van der Waals surface area (Å²) in [5.74, 6) is 0.929. The molecule has 1 aromatic carbocycles. The molecule has 0 amide bonds. The predicted octanol–water partition coefficient (Wildman–Crippen LogP) is 3.92. The van der Waals surface area contributed by atoms with Gasteiger partial charge < -0.3 is 0 Å². The first-order valence-corrected chi connectivity index (χ1v) is 6.77. The average Bonchev–Trinajstić information content (AvgIpc) is 2.46. The quantitative estimate of drug-likeness (QED) is 0.661. The second-order valence-electron chi connectivity index (χ2n) is 3.96. The van der Waals surface area contributed by atoms with Gasteiger partial charge >= 0.3 is 0 Å². The van der Waals surface area contributed by atoms with Gasteiger partial charge in [0.15, 0.2) is 0 Å². The van der Waals surface area contributed by atoms with Crippen molar-refractivity contribution in [2.75, 3.05) is 0 Å². The van der Waals surface area contributed by atoms with Gasteiger partial charge in [-0.25, -0.2) is 0 Å². The van der Waals surface area contributed by atoms with E-state index in [1.54, 1.807) is 0 Å². The summed E-state index contributed by atoms with van der Waals surface area (Å²) in [5, 5.41) is 1.20. The Bertz CT molecular complexity index is 647. The maximum Gasteiger partial charge on any atom is 0.0742 e. The molecular weight excluding hydrogens is 240 g/mol. The molecule has 0 fully saturated rings. The highest BCUT2D eigenvalue weighted by Gasteiger charge is 2.02. The first-order chi connectivity index (χ1) is 8.93. The SMILES string of the molecule is c1cnc2c(CSc3ccncc3)cccc2c1. The van der Waals surface area contributed by atoms with Crippen LogP contribution in [0, 0.1) is 0 Å². The molecule has 2 heterocycles. The maximum absolute atomic E-state index is 4.47. The van der Waals surface area contributed by atoms with Crippen molar-refractivity contribution in [3.05, 3.63) is 66.6 Å². The first kappa shape index (κ1) is 11.2. The van der Waals surface area contributed by atoms with E-state index in [4.69, 9.17) is 0 Å². The van der Waals surface area contributed by atoms with E-state index < -0.39 is 0 Å². The van der Waals surface area contributed by atoms with Gasteiger partial charge in [0.25, 0.3) is 0 Å². The third-order valence-electron chi connectivity index (χ3n) is 2.76. The molecule has 3 heteroatoms. The van der Waals surface area contributed by atoms with Crippen LogP contribution < -0.4 is 0 Å². The van der Waals surface area contributed by atoms with Gasteiger partial charge in [-0.05, 0) is 23.8 Å². The first-order valence-electron chi connectivity index (χ1n) is 5.79. The highest BCUT2D eigenvalue weighted by atomic mass is 32.2. The molecule has 0 spiro atoms. The fraction of sp³-hybridized carbons (Fsp3) is 0.0667. The van der Waals surface area contributed by atoms with Crippen molar-refractivity contribution in [2.24, 2.45) is 0 Å². The van der Waals surface area contributed by atoms with E-state index in [2.05, 4.69) is 34.2 Å². The average molecular weight is 252 g/mol. The topological polar surface area (TPSA) is 25.8 Å². The van der Waals surface area contributed by atoms with Crippen LogP contribution in [0.3, 0.4) is 0 Å². The molecule has 88 valence electrons. The molecule has 2 nitrogen and oxygen atoms in total. The van der Waals surface area contributed by atoms with Gasteiger partial charge in [-0.3, -0.25) is 9.97 Å². The van der Waals surface area contributed by atoms with Crippen LogP contribution in [0.5, 0.6) is 0 Å². The third-order valence-corrected chi connectivity index (χ3v) is 3.82. The van der Waals surface area contributed by atoms with Gasteiger partial charge in [-0.2, -0.15) is 0 Å². The minimum absolute atomic E-state index is 0.929. The lowest BCUT2D eigenvalue weighted by Gasteiger charge is -2.05. The summed E-state index contributed by atoms with van der Waals surface area (Å²) in [6.45, 7) is 0. The van der Waals surface area contributed by atoms with Gasteiger partial charge in [0, 0.05) is 34.6 Å². The third kappa shape index (κ3) is 2.36. The highest BCUT2D eigenvalue weighted by Crippen LogP contribution is 2.25. The number of rotatable bonds is 3. The Morgan fingerprint density at radius 1 is 0.889 bits per heavy atom. The summed E-state index contributed by atoms with van der Waals surface area (Å²) >= 11 is 1.81. The van der Waals surface area contributed by atoms with E-state index in [1.165, 1.54) is 15.8 Å². The second-order valence-corrected chi connectivity index (χ2v) is 5.01. The molecule has 0 bridgehead atoms. The number of hydrogen-bond donors (Lipinski definition) is 0. The van der Waals surface area contributed by atoms with Gasteiger partial charge in [0.2, 0.25) is 0 Å². The van der Waals surface area contributed by atoms with Crippen molar-refractivity contribution >= 4 is 22.7 Å². The molecule has 0 N–H and O–H groups in total. The Balaban J connectivity index is 1.87. The molecule has 0 aliphatic heterocycles. The zero-order chi connectivity index (χ0) is 12.2. The number of hydrogen-bond acceptors (Lipinski definition) is 3. The standard InChI is InChI=1S/C15H12N2S/c1-3-12-5-2-8-17-15(12)13(4-1)11-18-14-6-9-16-10-7-14/h1-10H,11H2. The number of thioether (sulfide) groups is 1. The van der Waals surface area contributed by atoms with E-state index >= 15 is 0 Å². The van der Waals surface area contributed by atoms with Crippen LogP contribution in [0.1, 0.15) is 5.56 Å². The fourth-order valence-electron chi connectivity index (χ4n) is 1.88. The Hall–Kier alpha value is -1.87. The largest absolute Gasteiger partial charge is 0.265 e. The number of benzene rings is 1. The zero-order valence-electron chi connectivity index (χ0n) is 9.78. The number of fused-ring (bicyclic) bond motifs is 1. The van der Waals surface area contributed by atoms with Gasteiger partial charge in [0.1, 0.15) is 0 Å². The summed E-state index contributed by atoms with van der Waals surface area (Å²) in [6, 6.07) is 14.5. The maximum atomic E-state index is 4.47. The summed E-state index contributed by atoms with van der Waals surface area (Å²) in [6.07, 6.45) is 5.50. The molecule has 0 radical (unpaired) electrons. The Morgan fingerprint density at radius 2 is 1.72 bits per heavy atom. The molecular formula is C15H12N2S. The van der Waals surface area contributed by atoms with Crippen molar-refractivity contribution in [1.82, 2.24) is 9.97 Å². The summed E-state index contributed by atoms with van der Waals surface area (Å²) in [7, 11) is 0. The van der Waals surface area contributed by atoms with E-state index in [-0.39, 0.29) is 0 Å². The van der Waals surface area contributed by atoms with Crippen molar-refractivity contribution in [3.63, 3.8) is 0 Å². The number of nitrogens with zero attached hydrogens (tertiary/aromatic N) is 2. The van der Waals surface area contributed by atoms with E-state index in [0.29, 0.717) is 0 Å². The van der Waals surface area contributed by atoms with Crippen molar-refractivity contribution in [1.29, 1.82) is 0 Å². The molecule has 0 saturated heterocycles. The molecule has 2 aromatic heterocycles. The minimum atomic E-state index is 0.929. The Morgan fingerprint density at radius 3 is 2.61 bits per heavy atom. The van der Waals surface area contributed by atoms with Crippen molar-refractivity contribution < 1.29 is 0 Å². The molecule has 18 heavy (non-hydrogen) atoms. The van der Waals surface area contributed by atoms with Crippen LogP contribution in [0.25, 0.3) is 10.9 Å². The van der Waals surface area contributed by atoms with E-state index in [9.17, 15) is 0 Å². The summed E-state index contributed by atoms with van der Waals surface area (Å²) < 4.78 is 0. The lowest BCUT2D eigenvalue weighted by atomic mass is 10.1. The van der Waals surface area contributed by atoms with Crippen LogP contribution in [0.2, 0.25) is 0 Å².